The molecule has 0 amide bonds. The van der Waals surface area contributed by atoms with E-state index < -0.39 is 11.5 Å². The standard InChI is InChI=1S/C15H26O3/c1-6-8-10-12(16)11-13(17)15(3,4)14(18-5)9-7-2/h6-7,12,14,16H,1-2,8-11H2,3-5H3/t12-,14-/m1/s1. The summed E-state index contributed by atoms with van der Waals surface area (Å²) in [6, 6.07) is 0. The van der Waals surface area contributed by atoms with E-state index in [4.69, 9.17) is 4.74 Å². The summed E-state index contributed by atoms with van der Waals surface area (Å²) in [6.07, 6.45) is 4.77. The maximum Gasteiger partial charge on any atom is 0.143 e. The van der Waals surface area contributed by atoms with Crippen LogP contribution in [0.15, 0.2) is 25.3 Å². The number of allylic oxidation sites excluding steroid dienone is 1. The Kier molecular flexibility index (Phi) is 7.80. The Labute approximate surface area is 111 Å². The van der Waals surface area contributed by atoms with E-state index in [9.17, 15) is 9.90 Å². The van der Waals surface area contributed by atoms with Crippen LogP contribution in [0, 0.1) is 5.41 Å². The van der Waals surface area contributed by atoms with Crippen molar-refractivity contribution in [2.45, 2.75) is 51.7 Å². The van der Waals surface area contributed by atoms with E-state index in [0.29, 0.717) is 12.8 Å². The topological polar surface area (TPSA) is 46.5 Å². The fourth-order valence-electron chi connectivity index (χ4n) is 1.91. The Morgan fingerprint density at radius 1 is 1.39 bits per heavy atom. The highest BCUT2D eigenvalue weighted by Gasteiger charge is 2.36. The van der Waals surface area contributed by atoms with Gasteiger partial charge in [-0.15, -0.1) is 13.2 Å². The lowest BCUT2D eigenvalue weighted by molar-refractivity contribution is -0.136. The Hall–Kier alpha value is -0.930. The van der Waals surface area contributed by atoms with Gasteiger partial charge in [-0.3, -0.25) is 4.79 Å². The second kappa shape index (κ2) is 8.22. The molecule has 18 heavy (non-hydrogen) atoms. The van der Waals surface area contributed by atoms with Crippen LogP contribution < -0.4 is 0 Å². The predicted molar refractivity (Wildman–Crippen MR) is 74.5 cm³/mol. The van der Waals surface area contributed by atoms with Crippen LogP contribution in [0.3, 0.4) is 0 Å². The molecular formula is C15H26O3. The molecule has 0 aromatic heterocycles. The van der Waals surface area contributed by atoms with E-state index in [0.717, 1.165) is 6.42 Å². The van der Waals surface area contributed by atoms with Crippen LogP contribution in [-0.4, -0.2) is 30.2 Å². The maximum atomic E-state index is 12.2. The molecule has 2 atom stereocenters. The van der Waals surface area contributed by atoms with Crippen molar-refractivity contribution in [3.63, 3.8) is 0 Å². The first-order valence-electron chi connectivity index (χ1n) is 6.36. The van der Waals surface area contributed by atoms with Crippen LogP contribution in [0.25, 0.3) is 0 Å². The van der Waals surface area contributed by atoms with Gasteiger partial charge in [0.2, 0.25) is 0 Å². The van der Waals surface area contributed by atoms with Gasteiger partial charge in [-0.2, -0.15) is 0 Å². The number of hydrogen-bond donors (Lipinski definition) is 1. The molecule has 0 saturated carbocycles. The summed E-state index contributed by atoms with van der Waals surface area (Å²) in [5, 5.41) is 9.77. The second-order valence-corrected chi connectivity index (χ2v) is 5.12. The lowest BCUT2D eigenvalue weighted by Gasteiger charge is -2.32. The molecule has 0 aromatic rings. The van der Waals surface area contributed by atoms with Gasteiger partial charge >= 0.3 is 0 Å². The molecular weight excluding hydrogens is 228 g/mol. The molecule has 0 fully saturated rings. The van der Waals surface area contributed by atoms with E-state index in [1.165, 1.54) is 0 Å². The van der Waals surface area contributed by atoms with Gasteiger partial charge in [-0.1, -0.05) is 26.0 Å². The first kappa shape index (κ1) is 17.1. The Bertz CT molecular complexity index is 281. The molecule has 0 aliphatic heterocycles. The van der Waals surface area contributed by atoms with Gasteiger partial charge in [0.05, 0.1) is 12.2 Å². The summed E-state index contributed by atoms with van der Waals surface area (Å²) in [6.45, 7) is 11.0. The van der Waals surface area contributed by atoms with Gasteiger partial charge in [0.1, 0.15) is 5.78 Å². The van der Waals surface area contributed by atoms with Gasteiger partial charge < -0.3 is 9.84 Å². The Morgan fingerprint density at radius 3 is 2.44 bits per heavy atom. The number of ether oxygens (including phenoxy) is 1. The third kappa shape index (κ3) is 5.15. The van der Waals surface area contributed by atoms with E-state index in [-0.39, 0.29) is 18.3 Å². The van der Waals surface area contributed by atoms with Crippen LogP contribution in [0.4, 0.5) is 0 Å². The van der Waals surface area contributed by atoms with Crippen LogP contribution in [0.5, 0.6) is 0 Å². The monoisotopic (exact) mass is 254 g/mol. The van der Waals surface area contributed by atoms with Crippen molar-refractivity contribution in [2.75, 3.05) is 7.11 Å². The third-order valence-electron chi connectivity index (χ3n) is 3.31. The van der Waals surface area contributed by atoms with Gasteiger partial charge in [0, 0.05) is 18.9 Å². The summed E-state index contributed by atoms with van der Waals surface area (Å²) < 4.78 is 5.35. The summed E-state index contributed by atoms with van der Waals surface area (Å²) >= 11 is 0. The van der Waals surface area contributed by atoms with Crippen molar-refractivity contribution in [2.24, 2.45) is 5.41 Å². The average molecular weight is 254 g/mol. The highest BCUT2D eigenvalue weighted by atomic mass is 16.5. The highest BCUT2D eigenvalue weighted by Crippen LogP contribution is 2.29. The zero-order valence-electron chi connectivity index (χ0n) is 11.8. The van der Waals surface area contributed by atoms with E-state index in [2.05, 4.69) is 13.2 Å². The number of rotatable bonds is 10. The average Bonchev–Trinajstić information content (AvgIpc) is 2.32. The Balaban J connectivity index is 4.52. The summed E-state index contributed by atoms with van der Waals surface area (Å²) in [5.41, 5.74) is -0.613. The summed E-state index contributed by atoms with van der Waals surface area (Å²) in [7, 11) is 1.59. The number of carbonyl (C=O) groups is 1. The van der Waals surface area contributed by atoms with Crippen molar-refractivity contribution >= 4 is 5.78 Å². The van der Waals surface area contributed by atoms with Crippen molar-refractivity contribution < 1.29 is 14.6 Å². The largest absolute Gasteiger partial charge is 0.393 e. The van der Waals surface area contributed by atoms with Gasteiger partial charge in [0.15, 0.2) is 0 Å². The number of aliphatic hydroxyl groups excluding tert-OH is 1. The molecule has 0 aliphatic rings. The molecule has 0 aromatic carbocycles. The first-order valence-corrected chi connectivity index (χ1v) is 6.36. The first-order chi connectivity index (χ1) is 8.39. The molecule has 1 N–H and O–H groups in total. The SMILES string of the molecule is C=CCC[C@@H](O)CC(=O)C(C)(C)[C@@H](CC=C)OC. The summed E-state index contributed by atoms with van der Waals surface area (Å²) in [5.74, 6) is 0.0211. The minimum absolute atomic E-state index is 0.0211. The minimum Gasteiger partial charge on any atom is -0.393 e. The zero-order chi connectivity index (χ0) is 14.2. The second-order valence-electron chi connectivity index (χ2n) is 5.12. The number of Topliss-reactive ketones (excluding diaryl/α,β-unsaturated/α-hetero) is 1. The number of carbonyl (C=O) groups excluding carboxylic acids is 1. The fourth-order valence-corrected chi connectivity index (χ4v) is 1.91. The molecule has 0 spiro atoms. The van der Waals surface area contributed by atoms with Crippen LogP contribution in [-0.2, 0) is 9.53 Å². The predicted octanol–water partition coefficient (Wildman–Crippen LogP) is 2.89. The van der Waals surface area contributed by atoms with E-state index in [1.807, 2.05) is 13.8 Å². The molecule has 0 heterocycles. The zero-order valence-corrected chi connectivity index (χ0v) is 11.8. The van der Waals surface area contributed by atoms with Gasteiger partial charge in [0.25, 0.3) is 0 Å². The molecule has 0 saturated heterocycles. The number of hydrogen-bond acceptors (Lipinski definition) is 3. The van der Waals surface area contributed by atoms with Crippen molar-refractivity contribution in [3.05, 3.63) is 25.3 Å². The molecule has 0 unspecified atom stereocenters. The lowest BCUT2D eigenvalue weighted by Crippen LogP contribution is -2.39. The molecule has 3 nitrogen and oxygen atoms in total. The van der Waals surface area contributed by atoms with Crippen molar-refractivity contribution in [1.82, 2.24) is 0 Å². The maximum absolute atomic E-state index is 12.2. The van der Waals surface area contributed by atoms with E-state index >= 15 is 0 Å². The Morgan fingerprint density at radius 2 is 2.00 bits per heavy atom. The number of aliphatic hydroxyl groups is 1. The normalized spacial score (nSPS) is 14.9. The number of methoxy groups -OCH3 is 1. The quantitative estimate of drug-likeness (QED) is 0.610. The molecule has 0 bridgehead atoms. The molecule has 104 valence electrons. The van der Waals surface area contributed by atoms with Crippen LogP contribution >= 0.6 is 0 Å². The van der Waals surface area contributed by atoms with Crippen LogP contribution in [0.1, 0.15) is 39.5 Å². The molecule has 0 rings (SSSR count). The number of ketones is 1. The van der Waals surface area contributed by atoms with Gasteiger partial charge in [-0.05, 0) is 19.3 Å². The minimum atomic E-state index is -0.613. The van der Waals surface area contributed by atoms with Gasteiger partial charge in [-0.25, -0.2) is 0 Å². The molecule has 3 heteroatoms. The third-order valence-corrected chi connectivity index (χ3v) is 3.31. The highest BCUT2D eigenvalue weighted by molar-refractivity contribution is 5.85. The summed E-state index contributed by atoms with van der Waals surface area (Å²) in [4.78, 5) is 12.2. The fraction of sp³-hybridized carbons (Fsp3) is 0.667. The molecule has 0 radical (unpaired) electrons. The van der Waals surface area contributed by atoms with Crippen LogP contribution in [0.2, 0.25) is 0 Å². The lowest BCUT2D eigenvalue weighted by atomic mass is 9.78. The van der Waals surface area contributed by atoms with Crippen molar-refractivity contribution in [3.8, 4) is 0 Å². The smallest absolute Gasteiger partial charge is 0.143 e. The molecule has 0 aliphatic carbocycles. The van der Waals surface area contributed by atoms with Crippen molar-refractivity contribution in [1.29, 1.82) is 0 Å². The van der Waals surface area contributed by atoms with E-state index in [1.54, 1.807) is 19.3 Å².